The van der Waals surface area contributed by atoms with Gasteiger partial charge in [0.1, 0.15) is 5.75 Å². The lowest BCUT2D eigenvalue weighted by molar-refractivity contribution is -0.0566. The molecule has 1 aromatic carbocycles. The smallest absolute Gasteiger partial charge is 0.375 e. The SMILES string of the molecule is C[C@]12CCC3c4ccc(OS(N)(=O)=O)cc4CCC3C1CCO2. The molecule has 5 nitrogen and oxygen atoms in total. The first kappa shape index (κ1) is 15.4. The van der Waals surface area contributed by atoms with Crippen LogP contribution in [0, 0.1) is 11.8 Å². The Morgan fingerprint density at radius 1 is 1.30 bits per heavy atom. The molecular formula is C17H23NO4S. The van der Waals surface area contributed by atoms with E-state index in [-0.39, 0.29) is 5.60 Å². The zero-order chi connectivity index (χ0) is 16.2. The molecule has 4 atom stereocenters. The summed E-state index contributed by atoms with van der Waals surface area (Å²) in [6.45, 7) is 3.16. The summed E-state index contributed by atoms with van der Waals surface area (Å²) >= 11 is 0. The molecule has 1 saturated carbocycles. The Morgan fingerprint density at radius 3 is 2.91 bits per heavy atom. The van der Waals surface area contributed by atoms with E-state index in [1.807, 2.05) is 12.1 Å². The zero-order valence-electron chi connectivity index (χ0n) is 13.3. The van der Waals surface area contributed by atoms with Crippen molar-refractivity contribution in [2.75, 3.05) is 6.61 Å². The van der Waals surface area contributed by atoms with Gasteiger partial charge in [0.15, 0.2) is 0 Å². The Balaban J connectivity index is 1.64. The first-order valence-corrected chi connectivity index (χ1v) is 9.82. The predicted molar refractivity (Wildman–Crippen MR) is 86.4 cm³/mol. The Morgan fingerprint density at radius 2 is 2.13 bits per heavy atom. The van der Waals surface area contributed by atoms with Gasteiger partial charge in [0.25, 0.3) is 0 Å². The minimum atomic E-state index is -3.96. The topological polar surface area (TPSA) is 78.6 Å². The lowest BCUT2D eigenvalue weighted by atomic mass is 9.59. The van der Waals surface area contributed by atoms with Crippen molar-refractivity contribution in [1.29, 1.82) is 0 Å². The van der Waals surface area contributed by atoms with Crippen LogP contribution < -0.4 is 9.32 Å². The van der Waals surface area contributed by atoms with Gasteiger partial charge in [-0.15, -0.1) is 0 Å². The molecule has 23 heavy (non-hydrogen) atoms. The number of fused-ring (bicyclic) bond motifs is 5. The molecule has 126 valence electrons. The van der Waals surface area contributed by atoms with Gasteiger partial charge < -0.3 is 8.92 Å². The highest BCUT2D eigenvalue weighted by Gasteiger charge is 2.51. The summed E-state index contributed by atoms with van der Waals surface area (Å²) < 4.78 is 33.1. The molecular weight excluding hydrogens is 314 g/mol. The molecule has 6 heteroatoms. The molecule has 0 amide bonds. The Bertz CT molecular complexity index is 732. The fourth-order valence-electron chi connectivity index (χ4n) is 5.15. The molecule has 2 aliphatic carbocycles. The van der Waals surface area contributed by atoms with Crippen LogP contribution >= 0.6 is 0 Å². The lowest BCUT2D eigenvalue weighted by Gasteiger charge is -2.48. The average Bonchev–Trinajstić information content (AvgIpc) is 2.86. The molecule has 2 fully saturated rings. The third-order valence-corrected chi connectivity index (χ3v) is 6.53. The van der Waals surface area contributed by atoms with E-state index in [4.69, 9.17) is 14.1 Å². The normalized spacial score (nSPS) is 36.0. The molecule has 3 aliphatic rings. The van der Waals surface area contributed by atoms with Crippen LogP contribution in [0.1, 0.15) is 49.7 Å². The number of rotatable bonds is 2. The molecule has 0 radical (unpaired) electrons. The average molecular weight is 337 g/mol. The second-order valence-electron chi connectivity index (χ2n) is 7.34. The van der Waals surface area contributed by atoms with Gasteiger partial charge in [-0.25, -0.2) is 0 Å². The molecule has 4 rings (SSSR count). The standard InChI is InChI=1S/C17H23NO4S/c1-17-8-6-14-13-5-3-12(22-23(18,19)20)10-11(13)2-4-15(14)16(17)7-9-21-17/h3,5,10,14-16H,2,4,6-9H2,1H3,(H2,18,19,20)/t14?,15?,16?,17-/m0/s1. The molecule has 1 aromatic rings. The monoisotopic (exact) mass is 337 g/mol. The second-order valence-corrected chi connectivity index (χ2v) is 8.49. The number of ether oxygens (including phenoxy) is 1. The highest BCUT2D eigenvalue weighted by Crippen LogP contribution is 2.55. The van der Waals surface area contributed by atoms with E-state index in [1.165, 1.54) is 17.5 Å². The van der Waals surface area contributed by atoms with Crippen LogP contribution in [0.5, 0.6) is 5.75 Å². The maximum atomic E-state index is 11.1. The maximum absolute atomic E-state index is 11.1. The molecule has 0 spiro atoms. The first-order chi connectivity index (χ1) is 10.9. The van der Waals surface area contributed by atoms with Crippen LogP contribution in [0.15, 0.2) is 18.2 Å². The predicted octanol–water partition coefficient (Wildman–Crippen LogP) is 2.50. The van der Waals surface area contributed by atoms with Gasteiger partial charge in [0, 0.05) is 6.61 Å². The van der Waals surface area contributed by atoms with Gasteiger partial charge in [0.2, 0.25) is 0 Å². The summed E-state index contributed by atoms with van der Waals surface area (Å²) in [4.78, 5) is 0. The van der Waals surface area contributed by atoms with Crippen molar-refractivity contribution in [1.82, 2.24) is 0 Å². The first-order valence-electron chi connectivity index (χ1n) is 8.35. The summed E-state index contributed by atoms with van der Waals surface area (Å²) in [5.74, 6) is 2.19. The fourth-order valence-corrected chi connectivity index (χ4v) is 5.52. The zero-order valence-corrected chi connectivity index (χ0v) is 14.1. The van der Waals surface area contributed by atoms with E-state index >= 15 is 0 Å². The highest BCUT2D eigenvalue weighted by molar-refractivity contribution is 7.84. The number of aryl methyl sites for hydroxylation is 1. The van der Waals surface area contributed by atoms with Crippen molar-refractivity contribution >= 4 is 10.3 Å². The summed E-state index contributed by atoms with van der Waals surface area (Å²) in [6.07, 6.45) is 5.51. The van der Waals surface area contributed by atoms with Crippen molar-refractivity contribution in [2.24, 2.45) is 17.0 Å². The summed E-state index contributed by atoms with van der Waals surface area (Å²) in [6, 6.07) is 5.60. The van der Waals surface area contributed by atoms with Crippen LogP contribution in [-0.4, -0.2) is 20.6 Å². The van der Waals surface area contributed by atoms with Crippen molar-refractivity contribution in [3.05, 3.63) is 29.3 Å². The number of hydrogen-bond donors (Lipinski definition) is 1. The van der Waals surface area contributed by atoms with E-state index in [0.717, 1.165) is 32.3 Å². The molecule has 1 saturated heterocycles. The van der Waals surface area contributed by atoms with Crippen LogP contribution in [0.3, 0.4) is 0 Å². The number of benzene rings is 1. The molecule has 0 aromatic heterocycles. The highest BCUT2D eigenvalue weighted by atomic mass is 32.2. The number of hydrogen-bond acceptors (Lipinski definition) is 4. The summed E-state index contributed by atoms with van der Waals surface area (Å²) in [7, 11) is -3.96. The van der Waals surface area contributed by atoms with E-state index in [2.05, 4.69) is 6.92 Å². The van der Waals surface area contributed by atoms with E-state index in [1.54, 1.807) is 6.07 Å². The van der Waals surface area contributed by atoms with Gasteiger partial charge in [-0.3, -0.25) is 0 Å². The summed E-state index contributed by atoms with van der Waals surface area (Å²) in [5.41, 5.74) is 2.63. The Kier molecular flexibility index (Phi) is 3.48. The Labute approximate surface area is 137 Å². The Hall–Kier alpha value is -1.11. The van der Waals surface area contributed by atoms with Gasteiger partial charge >= 0.3 is 10.3 Å². The fraction of sp³-hybridized carbons (Fsp3) is 0.647. The largest absolute Gasteiger partial charge is 0.380 e. The molecule has 2 N–H and O–H groups in total. The van der Waals surface area contributed by atoms with Gasteiger partial charge in [-0.1, -0.05) is 6.07 Å². The molecule has 1 aliphatic heterocycles. The van der Waals surface area contributed by atoms with Gasteiger partial charge in [-0.05, 0) is 80.0 Å². The van der Waals surface area contributed by atoms with Gasteiger partial charge in [-0.2, -0.15) is 13.6 Å². The van der Waals surface area contributed by atoms with Crippen LogP contribution in [0.2, 0.25) is 0 Å². The van der Waals surface area contributed by atoms with Crippen LogP contribution in [0.25, 0.3) is 0 Å². The third-order valence-electron chi connectivity index (χ3n) is 6.10. The van der Waals surface area contributed by atoms with Crippen molar-refractivity contribution in [3.8, 4) is 5.75 Å². The third kappa shape index (κ3) is 2.66. The van der Waals surface area contributed by atoms with Crippen molar-refractivity contribution in [3.63, 3.8) is 0 Å². The molecule has 3 unspecified atom stereocenters. The number of nitrogens with two attached hydrogens (primary N) is 1. The quantitative estimate of drug-likeness (QED) is 0.899. The minimum absolute atomic E-state index is 0.0648. The molecule has 1 heterocycles. The van der Waals surface area contributed by atoms with Crippen LogP contribution in [0.4, 0.5) is 0 Å². The maximum Gasteiger partial charge on any atom is 0.380 e. The van der Waals surface area contributed by atoms with Crippen LogP contribution in [-0.2, 0) is 21.5 Å². The van der Waals surface area contributed by atoms with Gasteiger partial charge in [0.05, 0.1) is 5.60 Å². The van der Waals surface area contributed by atoms with Crippen molar-refractivity contribution in [2.45, 2.75) is 50.5 Å². The van der Waals surface area contributed by atoms with Crippen molar-refractivity contribution < 1.29 is 17.3 Å². The lowest BCUT2D eigenvalue weighted by Crippen LogP contribution is -2.44. The minimum Gasteiger partial charge on any atom is -0.375 e. The van der Waals surface area contributed by atoms with E-state index in [9.17, 15) is 8.42 Å². The molecule has 0 bridgehead atoms. The second kappa shape index (κ2) is 5.19. The van der Waals surface area contributed by atoms with E-state index < -0.39 is 10.3 Å². The van der Waals surface area contributed by atoms with E-state index in [0.29, 0.717) is 23.5 Å². The summed E-state index contributed by atoms with van der Waals surface area (Å²) in [5, 5.41) is 4.96.